The molecule has 0 radical (unpaired) electrons. The van der Waals surface area contributed by atoms with Crippen LogP contribution in [0.1, 0.15) is 45.4 Å². The fourth-order valence-corrected chi connectivity index (χ4v) is 4.07. The number of halogens is 1. The summed E-state index contributed by atoms with van der Waals surface area (Å²) in [6.45, 7) is 2.17. The number of allylic oxidation sites excluding steroid dienone is 2. The van der Waals surface area contributed by atoms with Crippen molar-refractivity contribution in [1.82, 2.24) is 0 Å². The predicted octanol–water partition coefficient (Wildman–Crippen LogP) is 3.79. The van der Waals surface area contributed by atoms with Crippen LogP contribution in [-0.2, 0) is 9.05 Å². The van der Waals surface area contributed by atoms with Crippen LogP contribution in [0, 0.1) is 0 Å². The van der Waals surface area contributed by atoms with Gasteiger partial charge < -0.3 is 9.42 Å². The quantitative estimate of drug-likeness (QED) is 0.567. The van der Waals surface area contributed by atoms with Crippen molar-refractivity contribution >= 4 is 30.5 Å². The first kappa shape index (κ1) is 14.7. The molecule has 1 rings (SSSR count). The van der Waals surface area contributed by atoms with Gasteiger partial charge in [-0.1, -0.05) is 13.3 Å². The van der Waals surface area contributed by atoms with Crippen molar-refractivity contribution in [1.29, 1.82) is 0 Å². The molecule has 0 aromatic heterocycles. The molecular weight excluding hydrogens is 338 g/mol. The summed E-state index contributed by atoms with van der Waals surface area (Å²) in [5, 5.41) is 0. The summed E-state index contributed by atoms with van der Waals surface area (Å²) in [5.74, 6) is 0.900. The molecule has 0 aromatic carbocycles. The maximum atomic E-state index is 12.1. The van der Waals surface area contributed by atoms with Gasteiger partial charge in [0, 0.05) is 10.0 Å². The van der Waals surface area contributed by atoms with Gasteiger partial charge in [-0.3, -0.25) is 0 Å². The highest BCUT2D eigenvalue weighted by Crippen LogP contribution is 2.57. The molecule has 0 aromatic rings. The SMILES string of the molecule is CCCC/C(I)=C1/CCCC[P+]([O-])(OC)O1. The van der Waals surface area contributed by atoms with Crippen molar-refractivity contribution < 1.29 is 13.9 Å². The monoisotopic (exact) mass is 358 g/mol. The molecule has 1 saturated heterocycles. The Balaban J connectivity index is 2.70. The molecule has 1 atom stereocenters. The summed E-state index contributed by atoms with van der Waals surface area (Å²) in [6.07, 6.45) is 6.76. The molecule has 3 nitrogen and oxygen atoms in total. The standard InChI is InChI=1S/C11H20IO3P/c1-3-4-7-10(12)11-8-5-6-9-16(13,14-2)15-11/h3-9H2,1-2H3/b11-10+. The smallest absolute Gasteiger partial charge is 0.283 e. The third kappa shape index (κ3) is 4.47. The molecule has 1 heterocycles. The lowest BCUT2D eigenvalue weighted by Crippen LogP contribution is -2.16. The average molecular weight is 358 g/mol. The summed E-state index contributed by atoms with van der Waals surface area (Å²) in [6, 6.07) is 0. The second-order valence-corrected chi connectivity index (χ2v) is 7.52. The topological polar surface area (TPSA) is 41.5 Å². The zero-order valence-electron chi connectivity index (χ0n) is 10.00. The zero-order chi connectivity index (χ0) is 12.0. The fourth-order valence-electron chi connectivity index (χ4n) is 1.64. The van der Waals surface area contributed by atoms with Crippen LogP contribution in [0.15, 0.2) is 9.34 Å². The highest BCUT2D eigenvalue weighted by molar-refractivity contribution is 14.1. The number of unbranched alkanes of at least 4 members (excludes halogenated alkanes) is 1. The normalized spacial score (nSPS) is 29.5. The summed E-state index contributed by atoms with van der Waals surface area (Å²) in [7, 11) is -1.37. The first-order chi connectivity index (χ1) is 7.61. The van der Waals surface area contributed by atoms with Gasteiger partial charge in [-0.05, 0) is 48.3 Å². The molecule has 0 amide bonds. The summed E-state index contributed by atoms with van der Waals surface area (Å²) in [4.78, 5) is 12.1. The molecule has 1 fully saturated rings. The molecule has 1 aliphatic rings. The van der Waals surface area contributed by atoms with E-state index >= 15 is 0 Å². The van der Waals surface area contributed by atoms with Crippen LogP contribution in [0.25, 0.3) is 0 Å². The molecule has 0 N–H and O–H groups in total. The fraction of sp³-hybridized carbons (Fsp3) is 0.818. The van der Waals surface area contributed by atoms with E-state index in [2.05, 4.69) is 29.5 Å². The van der Waals surface area contributed by atoms with E-state index in [0.29, 0.717) is 6.16 Å². The van der Waals surface area contributed by atoms with Crippen molar-refractivity contribution in [2.24, 2.45) is 0 Å². The second kappa shape index (κ2) is 7.14. The highest BCUT2D eigenvalue weighted by Gasteiger charge is 2.33. The molecule has 94 valence electrons. The average Bonchev–Trinajstić information content (AvgIpc) is 2.49. The van der Waals surface area contributed by atoms with Gasteiger partial charge >= 0.3 is 0 Å². The van der Waals surface area contributed by atoms with E-state index in [4.69, 9.17) is 9.05 Å². The Labute approximate surface area is 112 Å². The minimum atomic E-state index is -2.84. The maximum absolute atomic E-state index is 12.1. The number of hydrogen-bond donors (Lipinski definition) is 0. The number of hydrogen-bond acceptors (Lipinski definition) is 3. The van der Waals surface area contributed by atoms with Gasteiger partial charge in [-0.2, -0.15) is 0 Å². The van der Waals surface area contributed by atoms with E-state index in [1.807, 2.05) is 0 Å². The molecule has 1 unspecified atom stereocenters. The third-order valence-corrected chi connectivity index (χ3v) is 5.73. The van der Waals surface area contributed by atoms with Crippen molar-refractivity contribution in [3.63, 3.8) is 0 Å². The van der Waals surface area contributed by atoms with Crippen LogP contribution >= 0.6 is 30.5 Å². The minimum absolute atomic E-state index is 0.546. The van der Waals surface area contributed by atoms with Gasteiger partial charge in [0.2, 0.25) is 0 Å². The van der Waals surface area contributed by atoms with E-state index in [1.165, 1.54) is 17.1 Å². The Morgan fingerprint density at radius 3 is 2.94 bits per heavy atom. The Bertz CT molecular complexity index is 258. The van der Waals surface area contributed by atoms with Gasteiger partial charge in [0.05, 0.1) is 7.11 Å². The first-order valence-corrected chi connectivity index (χ1v) is 8.64. The minimum Gasteiger partial charge on any atom is -0.624 e. The van der Waals surface area contributed by atoms with E-state index < -0.39 is 7.94 Å². The van der Waals surface area contributed by atoms with Crippen LogP contribution in [0.4, 0.5) is 0 Å². The van der Waals surface area contributed by atoms with Crippen LogP contribution in [0.2, 0.25) is 0 Å². The van der Waals surface area contributed by atoms with Crippen molar-refractivity contribution in [3.8, 4) is 0 Å². The van der Waals surface area contributed by atoms with E-state index in [0.717, 1.165) is 37.9 Å². The molecule has 0 spiro atoms. The van der Waals surface area contributed by atoms with Crippen LogP contribution < -0.4 is 4.89 Å². The lowest BCUT2D eigenvalue weighted by atomic mass is 10.2. The van der Waals surface area contributed by atoms with Gasteiger partial charge in [0.15, 0.2) is 5.76 Å². The van der Waals surface area contributed by atoms with E-state index in [1.54, 1.807) is 0 Å². The highest BCUT2D eigenvalue weighted by atomic mass is 127. The van der Waals surface area contributed by atoms with E-state index in [9.17, 15) is 4.89 Å². The third-order valence-electron chi connectivity index (χ3n) is 2.67. The Morgan fingerprint density at radius 1 is 1.56 bits per heavy atom. The Hall–Kier alpha value is 0.620. The summed E-state index contributed by atoms with van der Waals surface area (Å²) in [5.41, 5.74) is 0. The predicted molar refractivity (Wildman–Crippen MR) is 74.3 cm³/mol. The number of rotatable bonds is 4. The van der Waals surface area contributed by atoms with Crippen LogP contribution in [0.3, 0.4) is 0 Å². The van der Waals surface area contributed by atoms with Gasteiger partial charge in [0.1, 0.15) is 6.16 Å². The molecule has 16 heavy (non-hydrogen) atoms. The molecule has 1 aliphatic heterocycles. The van der Waals surface area contributed by atoms with Gasteiger partial charge in [-0.15, -0.1) is 0 Å². The largest absolute Gasteiger partial charge is 0.624 e. The van der Waals surface area contributed by atoms with Crippen molar-refractivity contribution in [2.75, 3.05) is 13.3 Å². The summed E-state index contributed by atoms with van der Waals surface area (Å²) < 4.78 is 11.9. The van der Waals surface area contributed by atoms with Gasteiger partial charge in [-0.25, -0.2) is 4.52 Å². The van der Waals surface area contributed by atoms with Crippen LogP contribution in [0.5, 0.6) is 0 Å². The second-order valence-electron chi connectivity index (χ2n) is 4.00. The van der Waals surface area contributed by atoms with Crippen molar-refractivity contribution in [3.05, 3.63) is 9.34 Å². The van der Waals surface area contributed by atoms with Gasteiger partial charge in [0.25, 0.3) is 7.94 Å². The first-order valence-electron chi connectivity index (χ1n) is 5.83. The van der Waals surface area contributed by atoms with E-state index in [-0.39, 0.29) is 0 Å². The zero-order valence-corrected chi connectivity index (χ0v) is 13.1. The summed E-state index contributed by atoms with van der Waals surface area (Å²) >= 11 is 2.31. The lowest BCUT2D eigenvalue weighted by molar-refractivity contribution is -0.212. The molecule has 0 aliphatic carbocycles. The van der Waals surface area contributed by atoms with Crippen LogP contribution in [-0.4, -0.2) is 13.3 Å². The van der Waals surface area contributed by atoms with Crippen molar-refractivity contribution in [2.45, 2.75) is 45.4 Å². The molecule has 5 heteroatoms. The molecule has 0 saturated carbocycles. The molecule has 0 bridgehead atoms. The molecular formula is C11H20IO3P. The maximum Gasteiger partial charge on any atom is 0.283 e. The Kier molecular flexibility index (Phi) is 6.55. The lowest BCUT2D eigenvalue weighted by Gasteiger charge is -2.25. The Morgan fingerprint density at radius 2 is 2.31 bits per heavy atom.